The van der Waals surface area contributed by atoms with E-state index in [1.54, 1.807) is 13.0 Å². The van der Waals surface area contributed by atoms with Crippen LogP contribution in [0.2, 0.25) is 0 Å². The Morgan fingerprint density at radius 1 is 1.10 bits per heavy atom. The minimum Gasteiger partial charge on any atom is -0.381 e. The third kappa shape index (κ3) is 3.13. The number of hydrogen-bond acceptors (Lipinski definition) is 5. The fraction of sp³-hybridized carbons (Fsp3) is 0.929. The van der Waals surface area contributed by atoms with Crippen LogP contribution >= 0.6 is 0 Å². The van der Waals surface area contributed by atoms with Crippen molar-refractivity contribution < 1.29 is 17.9 Å². The van der Waals surface area contributed by atoms with Gasteiger partial charge in [-0.2, -0.15) is 4.99 Å². The maximum Gasteiger partial charge on any atom is 0.235 e. The monoisotopic (exact) mass is 301 g/mol. The molecule has 0 aromatic heterocycles. The van der Waals surface area contributed by atoms with Crippen LogP contribution in [0.25, 0.3) is 0 Å². The lowest BCUT2D eigenvalue weighted by atomic mass is 9.84. The lowest BCUT2D eigenvalue weighted by Gasteiger charge is -2.38. The second-order valence-corrected chi connectivity index (χ2v) is 8.81. The van der Waals surface area contributed by atoms with Crippen molar-refractivity contribution in [2.24, 2.45) is 4.99 Å². The molecule has 1 saturated carbocycles. The number of isocyanates is 1. The highest BCUT2D eigenvalue weighted by atomic mass is 32.2. The van der Waals surface area contributed by atoms with Crippen molar-refractivity contribution in [1.29, 1.82) is 0 Å². The Labute approximate surface area is 120 Å². The van der Waals surface area contributed by atoms with E-state index in [1.165, 1.54) is 0 Å². The van der Waals surface area contributed by atoms with Crippen molar-refractivity contribution >= 4 is 15.9 Å². The summed E-state index contributed by atoms with van der Waals surface area (Å²) in [6, 6.07) is 0. The molecule has 0 unspecified atom stereocenters. The van der Waals surface area contributed by atoms with Gasteiger partial charge < -0.3 is 4.74 Å². The highest BCUT2D eigenvalue weighted by Crippen LogP contribution is 2.38. The van der Waals surface area contributed by atoms with Gasteiger partial charge in [-0.15, -0.1) is 0 Å². The summed E-state index contributed by atoms with van der Waals surface area (Å²) in [7, 11) is -3.32. The third-order valence-corrected chi connectivity index (χ3v) is 7.65. The lowest BCUT2D eigenvalue weighted by Crippen LogP contribution is -2.48. The first-order valence-corrected chi connectivity index (χ1v) is 8.97. The molecule has 0 spiro atoms. The predicted molar refractivity (Wildman–Crippen MR) is 76.2 cm³/mol. The molecule has 0 amide bonds. The topological polar surface area (TPSA) is 72.8 Å². The van der Waals surface area contributed by atoms with Crippen LogP contribution in [0, 0.1) is 0 Å². The van der Waals surface area contributed by atoms with Crippen molar-refractivity contribution in [2.45, 2.75) is 62.2 Å². The number of nitrogens with zero attached hydrogens (tertiary/aromatic N) is 1. The average Bonchev–Trinajstić information content (AvgIpc) is 2.40. The molecule has 0 atom stereocenters. The predicted octanol–water partition coefficient (Wildman–Crippen LogP) is 2.01. The van der Waals surface area contributed by atoms with E-state index in [0.717, 1.165) is 19.3 Å². The van der Waals surface area contributed by atoms with Crippen molar-refractivity contribution in [3.05, 3.63) is 0 Å². The highest BCUT2D eigenvalue weighted by molar-refractivity contribution is 7.92. The van der Waals surface area contributed by atoms with Gasteiger partial charge in [0.15, 0.2) is 9.84 Å². The zero-order valence-corrected chi connectivity index (χ0v) is 12.9. The number of hydrogen-bond donors (Lipinski definition) is 0. The van der Waals surface area contributed by atoms with Gasteiger partial charge in [-0.1, -0.05) is 19.3 Å². The van der Waals surface area contributed by atoms with Crippen LogP contribution in [-0.2, 0) is 19.4 Å². The Hall–Kier alpha value is -0.710. The molecule has 0 N–H and O–H groups in total. The van der Waals surface area contributed by atoms with E-state index in [4.69, 9.17) is 4.74 Å². The molecule has 2 rings (SSSR count). The molecule has 1 saturated heterocycles. The minimum atomic E-state index is -3.32. The Kier molecular flexibility index (Phi) is 4.67. The van der Waals surface area contributed by atoms with Crippen LogP contribution in [0.15, 0.2) is 4.99 Å². The summed E-state index contributed by atoms with van der Waals surface area (Å²) in [5.41, 5.74) is -0.736. The number of aliphatic imine (C=N–C) groups is 1. The Bertz CT molecular complexity index is 481. The molecule has 1 aliphatic carbocycles. The molecule has 1 aliphatic heterocycles. The summed E-state index contributed by atoms with van der Waals surface area (Å²) in [6.45, 7) is 2.77. The molecule has 2 aliphatic rings. The number of carbonyl (C=O) groups excluding carboxylic acids is 1. The smallest absolute Gasteiger partial charge is 0.235 e. The van der Waals surface area contributed by atoms with Gasteiger partial charge in [-0.3, -0.25) is 0 Å². The fourth-order valence-electron chi connectivity index (χ4n) is 3.24. The standard InChI is InChI=1S/C14H23NO4S/c1-13(7-9-19-10-8-13)20(17,18)11-14(15-12-16)5-3-2-4-6-14/h2-11H2,1H3. The molecule has 0 aromatic carbocycles. The second kappa shape index (κ2) is 5.96. The van der Waals surface area contributed by atoms with Crippen molar-refractivity contribution in [3.8, 4) is 0 Å². The number of ether oxygens (including phenoxy) is 1. The van der Waals surface area contributed by atoms with E-state index in [9.17, 15) is 13.2 Å². The molecule has 2 fully saturated rings. The SMILES string of the molecule is CC1(S(=O)(=O)CC2(N=C=O)CCCCC2)CCOCC1. The summed E-state index contributed by atoms with van der Waals surface area (Å²) >= 11 is 0. The lowest BCUT2D eigenvalue weighted by molar-refractivity contribution is 0.0787. The van der Waals surface area contributed by atoms with E-state index in [1.807, 2.05) is 0 Å². The van der Waals surface area contributed by atoms with E-state index >= 15 is 0 Å². The van der Waals surface area contributed by atoms with E-state index in [-0.39, 0.29) is 5.75 Å². The summed E-state index contributed by atoms with van der Waals surface area (Å²) in [5, 5.41) is 0. The molecule has 114 valence electrons. The molecular formula is C14H23NO4S. The van der Waals surface area contributed by atoms with E-state index in [2.05, 4.69) is 4.99 Å². The van der Waals surface area contributed by atoms with Gasteiger partial charge in [-0.05, 0) is 32.6 Å². The molecule has 5 nitrogen and oxygen atoms in total. The van der Waals surface area contributed by atoms with Crippen LogP contribution < -0.4 is 0 Å². The Morgan fingerprint density at radius 2 is 1.70 bits per heavy atom. The van der Waals surface area contributed by atoms with Crippen molar-refractivity contribution in [1.82, 2.24) is 0 Å². The largest absolute Gasteiger partial charge is 0.381 e. The first-order chi connectivity index (χ1) is 9.43. The number of sulfone groups is 1. The van der Waals surface area contributed by atoms with Gasteiger partial charge in [0, 0.05) is 13.2 Å². The molecule has 1 heterocycles. The molecule has 0 bridgehead atoms. The van der Waals surface area contributed by atoms with Gasteiger partial charge in [0.1, 0.15) is 0 Å². The molecule has 0 radical (unpaired) electrons. The summed E-state index contributed by atoms with van der Waals surface area (Å²) < 4.78 is 30.2. The van der Waals surface area contributed by atoms with E-state index < -0.39 is 20.1 Å². The van der Waals surface area contributed by atoms with Crippen molar-refractivity contribution in [2.75, 3.05) is 19.0 Å². The van der Waals surface area contributed by atoms with Crippen LogP contribution in [0.3, 0.4) is 0 Å². The van der Waals surface area contributed by atoms with Gasteiger partial charge in [-0.25, -0.2) is 13.2 Å². The number of rotatable bonds is 4. The Morgan fingerprint density at radius 3 is 2.25 bits per heavy atom. The van der Waals surface area contributed by atoms with Gasteiger partial charge in [0.25, 0.3) is 0 Å². The third-order valence-electron chi connectivity index (χ3n) is 4.83. The molecular weight excluding hydrogens is 278 g/mol. The van der Waals surface area contributed by atoms with E-state index in [0.29, 0.717) is 38.9 Å². The zero-order valence-electron chi connectivity index (χ0n) is 12.1. The zero-order chi connectivity index (χ0) is 14.7. The van der Waals surface area contributed by atoms with Crippen molar-refractivity contribution in [3.63, 3.8) is 0 Å². The van der Waals surface area contributed by atoms with Gasteiger partial charge >= 0.3 is 0 Å². The minimum absolute atomic E-state index is 0.0221. The van der Waals surface area contributed by atoms with Crippen LogP contribution in [-0.4, -0.2) is 43.8 Å². The highest BCUT2D eigenvalue weighted by Gasteiger charge is 2.46. The van der Waals surface area contributed by atoms with Gasteiger partial charge in [0.05, 0.1) is 16.0 Å². The average molecular weight is 301 g/mol. The quantitative estimate of drug-likeness (QED) is 0.588. The first-order valence-electron chi connectivity index (χ1n) is 7.32. The fourth-order valence-corrected chi connectivity index (χ4v) is 5.44. The van der Waals surface area contributed by atoms with Crippen LogP contribution in [0.5, 0.6) is 0 Å². The van der Waals surface area contributed by atoms with Crippen LogP contribution in [0.4, 0.5) is 0 Å². The second-order valence-electron chi connectivity index (χ2n) is 6.31. The van der Waals surface area contributed by atoms with Gasteiger partial charge in [0.2, 0.25) is 6.08 Å². The first kappa shape index (κ1) is 15.7. The summed E-state index contributed by atoms with van der Waals surface area (Å²) in [4.78, 5) is 14.6. The molecule has 20 heavy (non-hydrogen) atoms. The summed E-state index contributed by atoms with van der Waals surface area (Å²) in [6.07, 6.45) is 6.95. The maximum absolute atomic E-state index is 12.8. The van der Waals surface area contributed by atoms with Crippen LogP contribution in [0.1, 0.15) is 51.9 Å². The normalized spacial score (nSPS) is 25.6. The Balaban J connectivity index is 2.22. The summed E-state index contributed by atoms with van der Waals surface area (Å²) in [5.74, 6) is -0.0221. The maximum atomic E-state index is 12.8. The molecule has 6 heteroatoms. The molecule has 0 aromatic rings.